The molecule has 0 radical (unpaired) electrons. The Labute approximate surface area is 107 Å². The summed E-state index contributed by atoms with van der Waals surface area (Å²) >= 11 is 0. The van der Waals surface area contributed by atoms with Crippen LogP contribution in [-0.2, 0) is 11.8 Å². The first-order valence-corrected chi connectivity index (χ1v) is 6.84. The lowest BCUT2D eigenvalue weighted by Gasteiger charge is -2.19. The second-order valence-corrected chi connectivity index (χ2v) is 5.80. The second-order valence-electron chi connectivity index (χ2n) is 5.80. The minimum absolute atomic E-state index is 0.265. The van der Waals surface area contributed by atoms with Crippen LogP contribution in [0.25, 0.3) is 0 Å². The van der Waals surface area contributed by atoms with Gasteiger partial charge in [-0.05, 0) is 48.9 Å². The highest BCUT2D eigenvalue weighted by atomic mass is 14.8. The van der Waals surface area contributed by atoms with Crippen molar-refractivity contribution in [2.45, 2.75) is 52.4 Å². The Morgan fingerprint density at radius 3 is 2.18 bits per heavy atom. The normalized spacial score (nSPS) is 11.8. The van der Waals surface area contributed by atoms with Crippen molar-refractivity contribution in [1.82, 2.24) is 5.32 Å². The Balaban J connectivity index is 2.36. The van der Waals surface area contributed by atoms with E-state index < -0.39 is 0 Å². The molecule has 1 aromatic carbocycles. The van der Waals surface area contributed by atoms with Crippen LogP contribution < -0.4 is 5.32 Å². The van der Waals surface area contributed by atoms with Gasteiger partial charge in [-0.1, -0.05) is 52.0 Å². The van der Waals surface area contributed by atoms with Gasteiger partial charge >= 0.3 is 0 Å². The first-order valence-electron chi connectivity index (χ1n) is 6.84. The van der Waals surface area contributed by atoms with Crippen LogP contribution >= 0.6 is 0 Å². The van der Waals surface area contributed by atoms with Crippen LogP contribution in [0.3, 0.4) is 0 Å². The zero-order valence-corrected chi connectivity index (χ0v) is 11.8. The van der Waals surface area contributed by atoms with Crippen LogP contribution in [0.15, 0.2) is 24.3 Å². The molecule has 0 aliphatic carbocycles. The molecule has 96 valence electrons. The van der Waals surface area contributed by atoms with E-state index in [1.165, 1.54) is 30.4 Å². The molecule has 0 saturated heterocycles. The molecule has 0 aromatic heterocycles. The summed E-state index contributed by atoms with van der Waals surface area (Å²) in [7, 11) is 0. The van der Waals surface area contributed by atoms with Crippen LogP contribution in [0.2, 0.25) is 0 Å². The van der Waals surface area contributed by atoms with Crippen molar-refractivity contribution < 1.29 is 0 Å². The van der Waals surface area contributed by atoms with Gasteiger partial charge in [0.15, 0.2) is 0 Å². The van der Waals surface area contributed by atoms with Gasteiger partial charge in [-0.2, -0.15) is 0 Å². The smallest absolute Gasteiger partial charge is 0.00458 e. The van der Waals surface area contributed by atoms with E-state index in [9.17, 15) is 0 Å². The Bertz CT molecular complexity index is 305. The van der Waals surface area contributed by atoms with Crippen molar-refractivity contribution in [3.05, 3.63) is 35.4 Å². The predicted molar refractivity (Wildman–Crippen MR) is 76.6 cm³/mol. The van der Waals surface area contributed by atoms with Gasteiger partial charge in [0.25, 0.3) is 0 Å². The average Bonchev–Trinajstić information content (AvgIpc) is 2.28. The van der Waals surface area contributed by atoms with Crippen LogP contribution in [0.1, 0.15) is 51.7 Å². The molecular formula is C16H27N. The van der Waals surface area contributed by atoms with E-state index >= 15 is 0 Å². The highest BCUT2D eigenvalue weighted by Crippen LogP contribution is 2.22. The zero-order valence-electron chi connectivity index (χ0n) is 11.8. The minimum atomic E-state index is 0.265. The van der Waals surface area contributed by atoms with Gasteiger partial charge < -0.3 is 5.32 Å². The second kappa shape index (κ2) is 6.80. The van der Waals surface area contributed by atoms with Crippen molar-refractivity contribution >= 4 is 0 Å². The van der Waals surface area contributed by atoms with Crippen LogP contribution in [0, 0.1) is 0 Å². The molecule has 0 unspecified atom stereocenters. The van der Waals surface area contributed by atoms with E-state index in [2.05, 4.69) is 57.3 Å². The molecule has 0 fully saturated rings. The Morgan fingerprint density at radius 1 is 1.00 bits per heavy atom. The fraction of sp³-hybridized carbons (Fsp3) is 0.625. The molecule has 1 heteroatoms. The van der Waals surface area contributed by atoms with E-state index in [1.54, 1.807) is 0 Å². The van der Waals surface area contributed by atoms with Crippen molar-refractivity contribution in [3.8, 4) is 0 Å². The highest BCUT2D eigenvalue weighted by Gasteiger charge is 2.12. The summed E-state index contributed by atoms with van der Waals surface area (Å²) in [6.45, 7) is 11.3. The van der Waals surface area contributed by atoms with Gasteiger partial charge in [0.05, 0.1) is 0 Å². The van der Waals surface area contributed by atoms with Crippen molar-refractivity contribution in [2.24, 2.45) is 0 Å². The summed E-state index contributed by atoms with van der Waals surface area (Å²) in [5, 5.41) is 3.44. The summed E-state index contributed by atoms with van der Waals surface area (Å²) < 4.78 is 0. The monoisotopic (exact) mass is 233 g/mol. The third-order valence-corrected chi connectivity index (χ3v) is 3.07. The van der Waals surface area contributed by atoms with E-state index in [-0.39, 0.29) is 5.41 Å². The van der Waals surface area contributed by atoms with E-state index in [0.717, 1.165) is 13.1 Å². The number of rotatable bonds is 6. The maximum atomic E-state index is 3.44. The minimum Gasteiger partial charge on any atom is -0.317 e. The Kier molecular flexibility index (Phi) is 5.70. The maximum absolute atomic E-state index is 3.44. The van der Waals surface area contributed by atoms with Gasteiger partial charge in [0.2, 0.25) is 0 Å². The largest absolute Gasteiger partial charge is 0.317 e. The van der Waals surface area contributed by atoms with Crippen LogP contribution in [0.4, 0.5) is 0 Å². The summed E-state index contributed by atoms with van der Waals surface area (Å²) in [6.07, 6.45) is 3.64. The molecule has 0 bridgehead atoms. The fourth-order valence-corrected chi connectivity index (χ4v) is 1.89. The average molecular weight is 233 g/mol. The third-order valence-electron chi connectivity index (χ3n) is 3.07. The molecule has 0 heterocycles. The molecule has 0 spiro atoms. The van der Waals surface area contributed by atoms with Gasteiger partial charge in [0.1, 0.15) is 0 Å². The van der Waals surface area contributed by atoms with Gasteiger partial charge in [-0.25, -0.2) is 0 Å². The summed E-state index contributed by atoms with van der Waals surface area (Å²) in [6, 6.07) is 9.10. The lowest BCUT2D eigenvalue weighted by molar-refractivity contribution is 0.589. The van der Waals surface area contributed by atoms with E-state index in [1.807, 2.05) is 0 Å². The molecule has 0 saturated carbocycles. The lowest BCUT2D eigenvalue weighted by atomic mass is 9.86. The van der Waals surface area contributed by atoms with Crippen LogP contribution in [0.5, 0.6) is 0 Å². The number of benzene rings is 1. The third kappa shape index (κ3) is 5.36. The van der Waals surface area contributed by atoms with Crippen molar-refractivity contribution in [1.29, 1.82) is 0 Å². The molecule has 17 heavy (non-hydrogen) atoms. The molecule has 0 aliphatic heterocycles. The van der Waals surface area contributed by atoms with Crippen molar-refractivity contribution in [3.63, 3.8) is 0 Å². The Morgan fingerprint density at radius 2 is 1.65 bits per heavy atom. The Hall–Kier alpha value is -0.820. The standard InChI is InChI=1S/C16H27N/c1-5-12-17-13-6-7-14-8-10-15(11-9-14)16(2,3)4/h8-11,17H,5-7,12-13H2,1-4H3. The highest BCUT2D eigenvalue weighted by molar-refractivity contribution is 5.27. The molecule has 0 amide bonds. The van der Waals surface area contributed by atoms with Gasteiger partial charge in [0, 0.05) is 0 Å². The van der Waals surface area contributed by atoms with E-state index in [0.29, 0.717) is 0 Å². The van der Waals surface area contributed by atoms with Crippen LogP contribution in [-0.4, -0.2) is 13.1 Å². The first kappa shape index (κ1) is 14.2. The predicted octanol–water partition coefficient (Wildman–Crippen LogP) is 3.92. The maximum Gasteiger partial charge on any atom is -0.00458 e. The molecule has 1 aromatic rings. The number of hydrogen-bond donors (Lipinski definition) is 1. The fourth-order valence-electron chi connectivity index (χ4n) is 1.89. The first-order chi connectivity index (χ1) is 8.04. The number of aryl methyl sites for hydroxylation is 1. The molecule has 1 N–H and O–H groups in total. The summed E-state index contributed by atoms with van der Waals surface area (Å²) in [5.41, 5.74) is 3.14. The molecular weight excluding hydrogens is 206 g/mol. The number of nitrogens with one attached hydrogen (secondary N) is 1. The zero-order chi connectivity index (χ0) is 12.7. The van der Waals surface area contributed by atoms with Crippen molar-refractivity contribution in [2.75, 3.05) is 13.1 Å². The molecule has 0 aliphatic rings. The summed E-state index contributed by atoms with van der Waals surface area (Å²) in [4.78, 5) is 0. The molecule has 0 atom stereocenters. The topological polar surface area (TPSA) is 12.0 Å². The van der Waals surface area contributed by atoms with Gasteiger partial charge in [-0.3, -0.25) is 0 Å². The van der Waals surface area contributed by atoms with Gasteiger partial charge in [-0.15, -0.1) is 0 Å². The summed E-state index contributed by atoms with van der Waals surface area (Å²) in [5.74, 6) is 0. The van der Waals surface area contributed by atoms with E-state index in [4.69, 9.17) is 0 Å². The SMILES string of the molecule is CCCNCCCc1ccc(C(C)(C)C)cc1. The molecule has 1 rings (SSSR count). The lowest BCUT2D eigenvalue weighted by Crippen LogP contribution is -2.16. The molecule has 1 nitrogen and oxygen atoms in total. The number of hydrogen-bond acceptors (Lipinski definition) is 1. The quantitative estimate of drug-likeness (QED) is 0.734.